The van der Waals surface area contributed by atoms with E-state index in [0.29, 0.717) is 12.5 Å². The molecule has 0 radical (unpaired) electrons. The number of halogens is 1. The van der Waals surface area contributed by atoms with Gasteiger partial charge in [0.15, 0.2) is 0 Å². The molecule has 0 aromatic carbocycles. The van der Waals surface area contributed by atoms with Crippen molar-refractivity contribution < 1.29 is 13.9 Å². The lowest BCUT2D eigenvalue weighted by Gasteiger charge is -2.32. The van der Waals surface area contributed by atoms with Gasteiger partial charge >= 0.3 is 0 Å². The Hall–Kier alpha value is -0.670. The second-order valence-electron chi connectivity index (χ2n) is 4.12. The predicted octanol–water partition coefficient (Wildman–Crippen LogP) is 2.12. The van der Waals surface area contributed by atoms with Crippen LogP contribution in [0.25, 0.3) is 0 Å². The molecular formula is C11H13FO2. The van der Waals surface area contributed by atoms with Crippen molar-refractivity contribution in [3.05, 3.63) is 23.6 Å². The molecule has 3 rings (SSSR count). The molecule has 0 saturated carbocycles. The van der Waals surface area contributed by atoms with E-state index in [9.17, 15) is 4.39 Å². The summed E-state index contributed by atoms with van der Waals surface area (Å²) < 4.78 is 24.0. The number of rotatable bonds is 1. The minimum Gasteiger partial charge on any atom is -0.370 e. The van der Waals surface area contributed by atoms with E-state index in [-0.39, 0.29) is 18.0 Å². The lowest BCUT2D eigenvalue weighted by atomic mass is 9.91. The summed E-state index contributed by atoms with van der Waals surface area (Å²) in [7, 11) is 0. The predicted molar refractivity (Wildman–Crippen MR) is 49.5 cm³/mol. The van der Waals surface area contributed by atoms with Crippen LogP contribution in [0.1, 0.15) is 19.3 Å². The fourth-order valence-corrected chi connectivity index (χ4v) is 2.21. The second kappa shape index (κ2) is 3.17. The van der Waals surface area contributed by atoms with Crippen molar-refractivity contribution in [1.82, 2.24) is 0 Å². The van der Waals surface area contributed by atoms with E-state index in [4.69, 9.17) is 9.47 Å². The lowest BCUT2D eigenvalue weighted by molar-refractivity contribution is -0.0320. The molecule has 2 fully saturated rings. The minimum absolute atomic E-state index is 0.109. The highest BCUT2D eigenvalue weighted by atomic mass is 19.1. The largest absolute Gasteiger partial charge is 0.370 e. The van der Waals surface area contributed by atoms with Crippen LogP contribution in [0.5, 0.6) is 0 Å². The Morgan fingerprint density at radius 2 is 2.21 bits per heavy atom. The number of hydrogen-bond donors (Lipinski definition) is 0. The van der Waals surface area contributed by atoms with Crippen molar-refractivity contribution in [2.24, 2.45) is 0 Å². The molecule has 14 heavy (non-hydrogen) atoms. The van der Waals surface area contributed by atoms with Crippen molar-refractivity contribution in [2.75, 3.05) is 6.61 Å². The van der Waals surface area contributed by atoms with E-state index >= 15 is 0 Å². The number of epoxide rings is 1. The van der Waals surface area contributed by atoms with Crippen molar-refractivity contribution in [2.45, 2.75) is 37.6 Å². The third-order valence-electron chi connectivity index (χ3n) is 3.09. The van der Waals surface area contributed by atoms with E-state index < -0.39 is 0 Å². The van der Waals surface area contributed by atoms with Gasteiger partial charge in [-0.15, -0.1) is 0 Å². The number of hydrogen-bond acceptors (Lipinski definition) is 2. The Morgan fingerprint density at radius 1 is 1.36 bits per heavy atom. The van der Waals surface area contributed by atoms with Crippen LogP contribution < -0.4 is 0 Å². The lowest BCUT2D eigenvalue weighted by Crippen LogP contribution is -2.33. The number of fused-ring (bicyclic) bond motifs is 1. The van der Waals surface area contributed by atoms with Crippen molar-refractivity contribution in [1.29, 1.82) is 0 Å². The van der Waals surface area contributed by atoms with Gasteiger partial charge in [0.1, 0.15) is 11.9 Å². The van der Waals surface area contributed by atoms with Gasteiger partial charge in [0.05, 0.1) is 18.8 Å². The van der Waals surface area contributed by atoms with Crippen LogP contribution >= 0.6 is 0 Å². The quantitative estimate of drug-likeness (QED) is 0.599. The molecule has 3 atom stereocenters. The van der Waals surface area contributed by atoms with Crippen LogP contribution in [0.2, 0.25) is 0 Å². The summed E-state index contributed by atoms with van der Waals surface area (Å²) in [4.78, 5) is 0. The van der Waals surface area contributed by atoms with Gasteiger partial charge in [-0.1, -0.05) is 0 Å². The van der Waals surface area contributed by atoms with Crippen LogP contribution in [0.4, 0.5) is 4.39 Å². The molecule has 76 valence electrons. The molecule has 0 aromatic rings. The first-order valence-electron chi connectivity index (χ1n) is 5.16. The third-order valence-corrected chi connectivity index (χ3v) is 3.09. The summed E-state index contributed by atoms with van der Waals surface area (Å²) in [6, 6.07) is 0. The third kappa shape index (κ3) is 1.51. The molecule has 2 aliphatic heterocycles. The Balaban J connectivity index is 1.72. The van der Waals surface area contributed by atoms with Gasteiger partial charge in [0.2, 0.25) is 0 Å². The van der Waals surface area contributed by atoms with Gasteiger partial charge in [0, 0.05) is 0 Å². The van der Waals surface area contributed by atoms with Crippen molar-refractivity contribution in [3.63, 3.8) is 0 Å². The molecule has 1 aliphatic carbocycles. The summed E-state index contributed by atoms with van der Waals surface area (Å²) in [5.41, 5.74) is 1.11. The smallest absolute Gasteiger partial charge is 0.119 e. The number of ether oxygens (including phenoxy) is 2. The van der Waals surface area contributed by atoms with Crippen LogP contribution in [-0.2, 0) is 9.47 Å². The monoisotopic (exact) mass is 196 g/mol. The second-order valence-corrected chi connectivity index (χ2v) is 4.12. The fraction of sp³-hybridized carbons (Fsp3) is 0.636. The molecule has 0 aromatic heterocycles. The van der Waals surface area contributed by atoms with E-state index in [1.807, 2.05) is 0 Å². The van der Waals surface area contributed by atoms with Gasteiger partial charge in [-0.25, -0.2) is 4.39 Å². The molecule has 3 heteroatoms. The summed E-state index contributed by atoms with van der Waals surface area (Å²) in [5.74, 6) is -0.110. The zero-order chi connectivity index (χ0) is 9.54. The van der Waals surface area contributed by atoms with Crippen molar-refractivity contribution in [3.8, 4) is 0 Å². The average Bonchev–Trinajstić information content (AvgIpc) is 3.00. The van der Waals surface area contributed by atoms with Crippen molar-refractivity contribution >= 4 is 0 Å². The maximum atomic E-state index is 12.9. The molecule has 3 unspecified atom stereocenters. The molecule has 0 bridgehead atoms. The highest BCUT2D eigenvalue weighted by Crippen LogP contribution is 2.35. The molecule has 3 aliphatic rings. The Morgan fingerprint density at radius 3 is 3.00 bits per heavy atom. The Labute approximate surface area is 82.4 Å². The van der Waals surface area contributed by atoms with Gasteiger partial charge < -0.3 is 9.47 Å². The standard InChI is InChI=1S/C11H13FO2/c12-8-2-4-9-7(5-8)1-3-10(14-9)11-6-13-11/h2,5,9-11H,1,3-4,6H2. The van der Waals surface area contributed by atoms with Gasteiger partial charge in [-0.3, -0.25) is 0 Å². The SMILES string of the molecule is FC1=CCC2OC(C3CO3)CCC2=C1. The fourth-order valence-electron chi connectivity index (χ4n) is 2.21. The molecule has 2 heterocycles. The van der Waals surface area contributed by atoms with Gasteiger partial charge in [-0.05, 0) is 37.0 Å². The first kappa shape index (κ1) is 8.62. The normalized spacial score (nSPS) is 41.1. The molecule has 2 saturated heterocycles. The highest BCUT2D eigenvalue weighted by molar-refractivity contribution is 5.28. The average molecular weight is 196 g/mol. The van der Waals surface area contributed by atoms with Gasteiger partial charge in [0.25, 0.3) is 0 Å². The molecule has 2 nitrogen and oxygen atoms in total. The van der Waals surface area contributed by atoms with E-state index in [1.165, 1.54) is 0 Å². The topological polar surface area (TPSA) is 21.8 Å². The van der Waals surface area contributed by atoms with Gasteiger partial charge in [-0.2, -0.15) is 0 Å². The minimum atomic E-state index is -0.110. The molecule has 0 N–H and O–H groups in total. The summed E-state index contributed by atoms with van der Waals surface area (Å²) in [6.45, 7) is 0.834. The van der Waals surface area contributed by atoms with Crippen LogP contribution in [-0.4, -0.2) is 24.9 Å². The molecule has 0 spiro atoms. The summed E-state index contributed by atoms with van der Waals surface area (Å²) in [5, 5.41) is 0. The molecule has 0 amide bonds. The maximum Gasteiger partial charge on any atom is 0.119 e. The Bertz CT molecular complexity index is 304. The number of allylic oxidation sites excluding steroid dienone is 2. The zero-order valence-electron chi connectivity index (χ0n) is 7.91. The zero-order valence-corrected chi connectivity index (χ0v) is 7.91. The van der Waals surface area contributed by atoms with E-state index in [0.717, 1.165) is 25.0 Å². The van der Waals surface area contributed by atoms with E-state index in [2.05, 4.69) is 0 Å². The first-order valence-corrected chi connectivity index (χ1v) is 5.16. The first-order chi connectivity index (χ1) is 6.83. The molecular weight excluding hydrogens is 183 g/mol. The summed E-state index contributed by atoms with van der Waals surface area (Å²) >= 11 is 0. The van der Waals surface area contributed by atoms with Crippen LogP contribution in [0.15, 0.2) is 23.6 Å². The van der Waals surface area contributed by atoms with E-state index in [1.54, 1.807) is 12.2 Å². The maximum absolute atomic E-state index is 12.9. The summed E-state index contributed by atoms with van der Waals surface area (Å²) in [6.07, 6.45) is 6.50. The van der Waals surface area contributed by atoms with Crippen LogP contribution in [0, 0.1) is 0 Å². The highest BCUT2D eigenvalue weighted by Gasteiger charge is 2.38. The Kier molecular flexibility index (Phi) is 1.96. The van der Waals surface area contributed by atoms with Crippen LogP contribution in [0.3, 0.4) is 0 Å².